The second kappa shape index (κ2) is 9.79. The van der Waals surface area contributed by atoms with Crippen molar-refractivity contribution in [2.45, 2.75) is 31.2 Å². The largest absolute Gasteiger partial charge is 0.497 e. The quantitative estimate of drug-likeness (QED) is 0.196. The first-order chi connectivity index (χ1) is 15.2. The van der Waals surface area contributed by atoms with Crippen LogP contribution in [0.25, 0.3) is 11.0 Å². The Morgan fingerprint density at radius 3 is 2.55 bits per heavy atom. The van der Waals surface area contributed by atoms with Crippen molar-refractivity contribution >= 4 is 28.6 Å². The predicted molar refractivity (Wildman–Crippen MR) is 125 cm³/mol. The minimum Gasteiger partial charge on any atom is -0.497 e. The number of fused-ring (bicyclic) bond motifs is 1. The highest BCUT2D eigenvalue weighted by Crippen LogP contribution is 2.32. The van der Waals surface area contributed by atoms with Gasteiger partial charge in [-0.3, -0.25) is 4.79 Å². The fraction of sp³-hybridized carbons (Fsp3) is 0.240. The summed E-state index contributed by atoms with van der Waals surface area (Å²) in [5.74, 6) is 1.77. The van der Waals surface area contributed by atoms with Crippen LogP contribution in [0.4, 0.5) is 0 Å². The van der Waals surface area contributed by atoms with E-state index < -0.39 is 0 Å². The van der Waals surface area contributed by atoms with Crippen molar-refractivity contribution < 1.29 is 9.53 Å². The lowest BCUT2D eigenvalue weighted by Gasteiger charge is -2.11. The zero-order chi connectivity index (χ0) is 21.6. The van der Waals surface area contributed by atoms with Gasteiger partial charge < -0.3 is 4.74 Å². The van der Waals surface area contributed by atoms with Gasteiger partial charge >= 0.3 is 0 Å². The van der Waals surface area contributed by atoms with Crippen molar-refractivity contribution in [2.75, 3.05) is 12.9 Å². The van der Waals surface area contributed by atoms with Crippen LogP contribution >= 0.6 is 11.8 Å². The van der Waals surface area contributed by atoms with E-state index in [1.165, 1.54) is 0 Å². The second-order valence-corrected chi connectivity index (χ2v) is 8.39. The Morgan fingerprint density at radius 1 is 1.06 bits per heavy atom. The zero-order valence-corrected chi connectivity index (χ0v) is 18.6. The van der Waals surface area contributed by atoms with Gasteiger partial charge in [0.2, 0.25) is 0 Å². The van der Waals surface area contributed by atoms with E-state index in [4.69, 9.17) is 4.74 Å². The van der Waals surface area contributed by atoms with E-state index in [0.29, 0.717) is 17.7 Å². The molecule has 0 aliphatic heterocycles. The molecule has 0 fully saturated rings. The van der Waals surface area contributed by atoms with Crippen molar-refractivity contribution in [3.8, 4) is 5.75 Å². The number of pyridine rings is 1. The third-order valence-corrected chi connectivity index (χ3v) is 6.35. The highest BCUT2D eigenvalue weighted by molar-refractivity contribution is 7.99. The van der Waals surface area contributed by atoms with Crippen LogP contribution in [0.5, 0.6) is 5.75 Å². The van der Waals surface area contributed by atoms with Crippen LogP contribution in [0.2, 0.25) is 0 Å². The molecule has 6 heteroatoms. The monoisotopic (exact) mass is 431 g/mol. The van der Waals surface area contributed by atoms with Crippen molar-refractivity contribution in [1.29, 1.82) is 0 Å². The van der Waals surface area contributed by atoms with Crippen LogP contribution in [0.1, 0.15) is 41.3 Å². The summed E-state index contributed by atoms with van der Waals surface area (Å²) in [6, 6.07) is 17.3. The van der Waals surface area contributed by atoms with E-state index >= 15 is 0 Å². The van der Waals surface area contributed by atoms with Gasteiger partial charge in [0.1, 0.15) is 5.75 Å². The maximum Gasteiger partial charge on any atom is 0.195 e. The van der Waals surface area contributed by atoms with Crippen LogP contribution in [0.15, 0.2) is 71.9 Å². The number of hydrogen-bond donors (Lipinski definition) is 0. The fourth-order valence-corrected chi connectivity index (χ4v) is 4.64. The summed E-state index contributed by atoms with van der Waals surface area (Å²) in [6.07, 6.45) is 5.74. The number of aromatic nitrogens is 3. The molecule has 0 N–H and O–H groups in total. The molecular formula is C25H25N3O2S. The molecule has 5 nitrogen and oxygen atoms in total. The number of ketones is 1. The molecular weight excluding hydrogens is 406 g/mol. The van der Waals surface area contributed by atoms with E-state index in [1.54, 1.807) is 25.1 Å². The molecule has 0 aliphatic carbocycles. The molecule has 0 spiro atoms. The normalized spacial score (nSPS) is 11.0. The molecule has 158 valence electrons. The second-order valence-electron chi connectivity index (χ2n) is 7.29. The van der Waals surface area contributed by atoms with Gasteiger partial charge in [-0.1, -0.05) is 55.8 Å². The van der Waals surface area contributed by atoms with Crippen molar-refractivity contribution in [1.82, 2.24) is 14.8 Å². The maximum atomic E-state index is 13.2. The van der Waals surface area contributed by atoms with Crippen LogP contribution in [-0.2, 0) is 6.54 Å². The van der Waals surface area contributed by atoms with Gasteiger partial charge in [0.05, 0.1) is 30.8 Å². The van der Waals surface area contributed by atoms with Gasteiger partial charge in [0.15, 0.2) is 11.4 Å². The predicted octanol–water partition coefficient (Wildman–Crippen LogP) is 5.61. The van der Waals surface area contributed by atoms with Crippen LogP contribution in [0.3, 0.4) is 0 Å². The number of unbranched alkanes of at least 4 members (excludes halogenated alkanes) is 1. The number of benzene rings is 2. The van der Waals surface area contributed by atoms with Gasteiger partial charge in [0.25, 0.3) is 0 Å². The smallest absolute Gasteiger partial charge is 0.195 e. The molecule has 0 amide bonds. The molecule has 0 aliphatic rings. The molecule has 2 aromatic heterocycles. The van der Waals surface area contributed by atoms with Gasteiger partial charge in [-0.05, 0) is 29.9 Å². The van der Waals surface area contributed by atoms with Crippen molar-refractivity contribution in [2.24, 2.45) is 0 Å². The molecule has 4 aromatic rings. The molecule has 0 atom stereocenters. The SMILES string of the molecule is CCCCSc1c(C(=O)c2ccccc2)cnc2c1cnn2Cc1ccc(OC)cc1. The Hall–Kier alpha value is -3.12. The summed E-state index contributed by atoms with van der Waals surface area (Å²) in [7, 11) is 1.66. The number of nitrogens with zero attached hydrogens (tertiary/aromatic N) is 3. The third kappa shape index (κ3) is 4.64. The molecule has 0 saturated heterocycles. The average Bonchev–Trinajstić information content (AvgIpc) is 3.23. The minimum absolute atomic E-state index is 0.00287. The fourth-order valence-electron chi connectivity index (χ4n) is 3.41. The average molecular weight is 432 g/mol. The van der Waals surface area contributed by atoms with Gasteiger partial charge in [-0.15, -0.1) is 11.8 Å². The standard InChI is InChI=1S/C25H25N3O2S/c1-3-4-14-31-24-21(23(29)19-8-6-5-7-9-19)15-26-25-22(24)16-27-28(25)17-18-10-12-20(30-2)13-11-18/h5-13,15-16H,3-4,14,17H2,1-2H3. The highest BCUT2D eigenvalue weighted by Gasteiger charge is 2.19. The van der Waals surface area contributed by atoms with Crippen molar-refractivity contribution in [3.63, 3.8) is 0 Å². The van der Waals surface area contributed by atoms with Gasteiger partial charge in [-0.25, -0.2) is 9.67 Å². The van der Waals surface area contributed by atoms with E-state index in [0.717, 1.165) is 45.8 Å². The summed E-state index contributed by atoms with van der Waals surface area (Å²) >= 11 is 1.72. The summed E-state index contributed by atoms with van der Waals surface area (Å²) < 4.78 is 7.13. The van der Waals surface area contributed by atoms with Gasteiger partial charge in [-0.2, -0.15) is 5.10 Å². The van der Waals surface area contributed by atoms with Crippen LogP contribution in [0, 0.1) is 0 Å². The Kier molecular flexibility index (Phi) is 6.67. The molecule has 0 bridgehead atoms. The number of carbonyl (C=O) groups is 1. The molecule has 2 aromatic carbocycles. The molecule has 4 rings (SSSR count). The summed E-state index contributed by atoms with van der Waals surface area (Å²) in [6.45, 7) is 2.77. The topological polar surface area (TPSA) is 57.0 Å². The van der Waals surface area contributed by atoms with E-state index in [2.05, 4.69) is 17.0 Å². The zero-order valence-electron chi connectivity index (χ0n) is 17.7. The first-order valence-corrected chi connectivity index (χ1v) is 11.4. The Morgan fingerprint density at radius 2 is 1.84 bits per heavy atom. The van der Waals surface area contributed by atoms with Crippen LogP contribution < -0.4 is 4.74 Å². The van der Waals surface area contributed by atoms with Crippen LogP contribution in [-0.4, -0.2) is 33.4 Å². The highest BCUT2D eigenvalue weighted by atomic mass is 32.2. The summed E-state index contributed by atoms with van der Waals surface area (Å²) in [5.41, 5.74) is 3.21. The lowest BCUT2D eigenvalue weighted by atomic mass is 10.0. The van der Waals surface area contributed by atoms with E-state index in [9.17, 15) is 4.79 Å². The molecule has 0 unspecified atom stereocenters. The Balaban J connectivity index is 1.72. The molecule has 2 heterocycles. The number of hydrogen-bond acceptors (Lipinski definition) is 5. The molecule has 0 saturated carbocycles. The number of ether oxygens (including phenoxy) is 1. The molecule has 31 heavy (non-hydrogen) atoms. The van der Waals surface area contributed by atoms with Gasteiger partial charge in [0, 0.05) is 16.7 Å². The summed E-state index contributed by atoms with van der Waals surface area (Å²) in [4.78, 5) is 18.8. The minimum atomic E-state index is -0.00287. The summed E-state index contributed by atoms with van der Waals surface area (Å²) in [5, 5.41) is 5.52. The third-order valence-electron chi connectivity index (χ3n) is 5.13. The van der Waals surface area contributed by atoms with Crippen molar-refractivity contribution in [3.05, 3.63) is 83.7 Å². The first kappa shape index (κ1) is 21.1. The number of rotatable bonds is 9. The Labute approximate surface area is 186 Å². The first-order valence-electron chi connectivity index (χ1n) is 10.4. The number of thioether (sulfide) groups is 1. The number of methoxy groups -OCH3 is 1. The molecule has 0 radical (unpaired) electrons. The lowest BCUT2D eigenvalue weighted by Crippen LogP contribution is -2.06. The maximum absolute atomic E-state index is 13.2. The Bertz CT molecular complexity index is 1170. The number of carbonyl (C=O) groups excluding carboxylic acids is 1. The van der Waals surface area contributed by atoms with E-state index in [-0.39, 0.29) is 5.78 Å². The van der Waals surface area contributed by atoms with E-state index in [1.807, 2.05) is 65.5 Å². The lowest BCUT2D eigenvalue weighted by molar-refractivity contribution is 0.103.